The lowest BCUT2D eigenvalue weighted by Crippen LogP contribution is -2.20. The molecule has 2 rings (SSSR count). The molecule has 0 saturated heterocycles. The number of fused-ring (bicyclic) bond motifs is 1. The maximum absolute atomic E-state index is 11.8. The van der Waals surface area contributed by atoms with Crippen molar-refractivity contribution in [2.75, 3.05) is 11.9 Å². The smallest absolute Gasteiger partial charge is 0.306 e. The minimum absolute atomic E-state index is 0.244. The van der Waals surface area contributed by atoms with Crippen molar-refractivity contribution < 1.29 is 14.3 Å². The molecule has 0 radical (unpaired) electrons. The summed E-state index contributed by atoms with van der Waals surface area (Å²) >= 11 is 0. The van der Waals surface area contributed by atoms with Gasteiger partial charge in [0.1, 0.15) is 0 Å². The lowest BCUT2D eigenvalue weighted by Gasteiger charge is -2.09. The summed E-state index contributed by atoms with van der Waals surface area (Å²) in [5.74, 6) is -0.652. The van der Waals surface area contributed by atoms with Crippen LogP contribution in [0.1, 0.15) is 26.2 Å². The maximum atomic E-state index is 11.8. The Kier molecular flexibility index (Phi) is 5.32. The Balaban J connectivity index is 1.94. The first-order valence-corrected chi connectivity index (χ1v) is 7.14. The summed E-state index contributed by atoms with van der Waals surface area (Å²) < 4.78 is 4.94. The molecule has 0 aliphatic rings. The van der Waals surface area contributed by atoms with Gasteiger partial charge in [-0.15, -0.1) is 0 Å². The number of benzene rings is 2. The molecule has 2 aromatic carbocycles. The van der Waals surface area contributed by atoms with Gasteiger partial charge in [0.25, 0.3) is 5.91 Å². The average Bonchev–Trinajstić information content (AvgIpc) is 2.51. The van der Waals surface area contributed by atoms with E-state index < -0.39 is 0 Å². The molecule has 21 heavy (non-hydrogen) atoms. The minimum atomic E-state index is -0.329. The van der Waals surface area contributed by atoms with Crippen LogP contribution in [0.15, 0.2) is 42.5 Å². The van der Waals surface area contributed by atoms with Gasteiger partial charge in [-0.3, -0.25) is 9.59 Å². The van der Waals surface area contributed by atoms with Crippen LogP contribution < -0.4 is 5.32 Å². The van der Waals surface area contributed by atoms with Crippen molar-refractivity contribution in [2.45, 2.75) is 26.2 Å². The van der Waals surface area contributed by atoms with Crippen LogP contribution in [0.4, 0.5) is 5.69 Å². The molecule has 0 aliphatic heterocycles. The van der Waals surface area contributed by atoms with E-state index in [0.717, 1.165) is 29.3 Å². The van der Waals surface area contributed by atoms with Crippen molar-refractivity contribution in [2.24, 2.45) is 0 Å². The third kappa shape index (κ3) is 4.31. The van der Waals surface area contributed by atoms with Crippen LogP contribution in [-0.2, 0) is 14.3 Å². The number of hydrogen-bond donors (Lipinski definition) is 1. The molecule has 110 valence electrons. The van der Waals surface area contributed by atoms with Gasteiger partial charge in [-0.2, -0.15) is 0 Å². The van der Waals surface area contributed by atoms with Gasteiger partial charge in [-0.1, -0.05) is 49.7 Å². The number of carbonyl (C=O) groups excluding carboxylic acids is 2. The number of amides is 1. The van der Waals surface area contributed by atoms with Crippen molar-refractivity contribution in [1.82, 2.24) is 0 Å². The predicted molar refractivity (Wildman–Crippen MR) is 83.1 cm³/mol. The topological polar surface area (TPSA) is 55.4 Å². The van der Waals surface area contributed by atoms with Crippen LogP contribution in [0.2, 0.25) is 0 Å². The first kappa shape index (κ1) is 15.0. The van der Waals surface area contributed by atoms with Crippen LogP contribution in [0.3, 0.4) is 0 Å². The van der Waals surface area contributed by atoms with Crippen molar-refractivity contribution in [3.63, 3.8) is 0 Å². The van der Waals surface area contributed by atoms with Crippen LogP contribution in [0.25, 0.3) is 10.8 Å². The second-order valence-electron chi connectivity index (χ2n) is 4.84. The van der Waals surface area contributed by atoms with E-state index in [1.807, 2.05) is 49.4 Å². The molecule has 0 unspecified atom stereocenters. The van der Waals surface area contributed by atoms with E-state index in [9.17, 15) is 9.59 Å². The zero-order valence-electron chi connectivity index (χ0n) is 12.1. The molecule has 0 atom stereocenters. The minimum Gasteiger partial charge on any atom is -0.456 e. The van der Waals surface area contributed by atoms with E-state index in [-0.39, 0.29) is 18.5 Å². The van der Waals surface area contributed by atoms with E-state index >= 15 is 0 Å². The number of carbonyl (C=O) groups is 2. The molecule has 1 N–H and O–H groups in total. The van der Waals surface area contributed by atoms with Crippen molar-refractivity contribution in [1.29, 1.82) is 0 Å². The van der Waals surface area contributed by atoms with Gasteiger partial charge in [0.05, 0.1) is 0 Å². The van der Waals surface area contributed by atoms with E-state index in [4.69, 9.17) is 4.74 Å². The Morgan fingerprint density at radius 3 is 2.67 bits per heavy atom. The van der Waals surface area contributed by atoms with Gasteiger partial charge in [0, 0.05) is 17.5 Å². The third-order valence-electron chi connectivity index (χ3n) is 3.16. The largest absolute Gasteiger partial charge is 0.456 e. The Morgan fingerprint density at radius 2 is 1.86 bits per heavy atom. The average molecular weight is 285 g/mol. The fourth-order valence-corrected chi connectivity index (χ4v) is 2.06. The molecule has 0 saturated carbocycles. The molecule has 0 bridgehead atoms. The second kappa shape index (κ2) is 7.43. The van der Waals surface area contributed by atoms with Gasteiger partial charge < -0.3 is 10.1 Å². The van der Waals surface area contributed by atoms with Crippen molar-refractivity contribution in [3.05, 3.63) is 42.5 Å². The van der Waals surface area contributed by atoms with Gasteiger partial charge >= 0.3 is 5.97 Å². The van der Waals surface area contributed by atoms with Crippen LogP contribution in [0.5, 0.6) is 0 Å². The van der Waals surface area contributed by atoms with Crippen LogP contribution in [-0.4, -0.2) is 18.5 Å². The Labute approximate surface area is 124 Å². The highest BCUT2D eigenvalue weighted by Gasteiger charge is 2.09. The molecule has 0 fully saturated rings. The van der Waals surface area contributed by atoms with Gasteiger partial charge in [-0.05, 0) is 17.9 Å². The summed E-state index contributed by atoms with van der Waals surface area (Å²) in [6.07, 6.45) is 2.07. The van der Waals surface area contributed by atoms with Gasteiger partial charge in [-0.25, -0.2) is 0 Å². The fraction of sp³-hybridized carbons (Fsp3) is 0.294. The molecule has 0 spiro atoms. The standard InChI is InChI=1S/C17H19NO3/c1-2-3-11-17(20)21-12-16(19)18-15-10-6-8-13-7-4-5-9-14(13)15/h4-10H,2-3,11-12H2,1H3,(H,18,19). The lowest BCUT2D eigenvalue weighted by molar-refractivity contribution is -0.147. The zero-order chi connectivity index (χ0) is 15.1. The highest BCUT2D eigenvalue weighted by molar-refractivity contribution is 6.02. The van der Waals surface area contributed by atoms with E-state index in [1.54, 1.807) is 0 Å². The fourth-order valence-electron chi connectivity index (χ4n) is 2.06. The highest BCUT2D eigenvalue weighted by atomic mass is 16.5. The maximum Gasteiger partial charge on any atom is 0.306 e. The molecule has 4 heteroatoms. The molecule has 1 amide bonds. The number of hydrogen-bond acceptors (Lipinski definition) is 3. The van der Waals surface area contributed by atoms with E-state index in [2.05, 4.69) is 5.32 Å². The molecule has 0 aliphatic carbocycles. The molecular formula is C17H19NO3. The monoisotopic (exact) mass is 285 g/mol. The summed E-state index contributed by atoms with van der Waals surface area (Å²) in [7, 11) is 0. The highest BCUT2D eigenvalue weighted by Crippen LogP contribution is 2.22. The van der Waals surface area contributed by atoms with Gasteiger partial charge in [0.2, 0.25) is 0 Å². The molecule has 2 aromatic rings. The summed E-state index contributed by atoms with van der Waals surface area (Å²) in [6, 6.07) is 13.5. The summed E-state index contributed by atoms with van der Waals surface area (Å²) in [6.45, 7) is 1.76. The van der Waals surface area contributed by atoms with E-state index in [1.165, 1.54) is 0 Å². The number of anilines is 1. The SMILES string of the molecule is CCCCC(=O)OCC(=O)Nc1cccc2ccccc12. The van der Waals surface area contributed by atoms with Crippen molar-refractivity contribution in [3.8, 4) is 0 Å². The van der Waals surface area contributed by atoms with Crippen molar-refractivity contribution >= 4 is 28.3 Å². The number of unbranched alkanes of at least 4 members (excludes halogenated alkanes) is 1. The Hall–Kier alpha value is -2.36. The first-order chi connectivity index (χ1) is 10.2. The number of esters is 1. The molecule has 4 nitrogen and oxygen atoms in total. The predicted octanol–water partition coefficient (Wildman–Crippen LogP) is 3.51. The first-order valence-electron chi connectivity index (χ1n) is 7.14. The normalized spacial score (nSPS) is 10.3. The molecule has 0 aromatic heterocycles. The zero-order valence-corrected chi connectivity index (χ0v) is 12.1. The van der Waals surface area contributed by atoms with Crippen LogP contribution >= 0.6 is 0 Å². The number of ether oxygens (including phenoxy) is 1. The lowest BCUT2D eigenvalue weighted by atomic mass is 10.1. The quantitative estimate of drug-likeness (QED) is 0.826. The Morgan fingerprint density at radius 1 is 1.10 bits per heavy atom. The number of rotatable bonds is 6. The van der Waals surface area contributed by atoms with Gasteiger partial charge in [0.15, 0.2) is 6.61 Å². The summed E-state index contributed by atoms with van der Waals surface area (Å²) in [4.78, 5) is 23.2. The summed E-state index contributed by atoms with van der Waals surface area (Å²) in [5, 5.41) is 4.79. The Bertz CT molecular complexity index is 631. The van der Waals surface area contributed by atoms with Crippen LogP contribution in [0, 0.1) is 0 Å². The molecular weight excluding hydrogens is 266 g/mol. The number of nitrogens with one attached hydrogen (secondary N) is 1. The third-order valence-corrected chi connectivity index (χ3v) is 3.16. The second-order valence-corrected chi connectivity index (χ2v) is 4.84. The summed E-state index contributed by atoms with van der Waals surface area (Å²) in [5.41, 5.74) is 0.725. The van der Waals surface area contributed by atoms with E-state index in [0.29, 0.717) is 6.42 Å². The molecule has 0 heterocycles.